The second-order valence-corrected chi connectivity index (χ2v) is 18.6. The van der Waals surface area contributed by atoms with E-state index < -0.39 is 8.07 Å². The van der Waals surface area contributed by atoms with Crippen molar-refractivity contribution < 1.29 is 4.42 Å². The normalized spacial score (nSPS) is 11.9. The Balaban J connectivity index is 1.23. The predicted octanol–water partition coefficient (Wildman–Crippen LogP) is 11.9. The van der Waals surface area contributed by atoms with Crippen LogP contribution >= 0.6 is 0 Å². The van der Waals surface area contributed by atoms with E-state index in [1.54, 1.807) is 0 Å². The summed E-state index contributed by atoms with van der Waals surface area (Å²) in [5, 5.41) is 14.7. The van der Waals surface area contributed by atoms with Gasteiger partial charge in [0, 0.05) is 21.8 Å². The zero-order valence-electron chi connectivity index (χ0n) is 31.2. The Morgan fingerprint density at radius 1 is 0.333 bits per heavy atom. The van der Waals surface area contributed by atoms with Crippen LogP contribution in [-0.4, -0.2) is 8.07 Å². The van der Waals surface area contributed by atoms with Gasteiger partial charge in [0.1, 0.15) is 11.2 Å². The van der Waals surface area contributed by atoms with E-state index >= 15 is 0 Å². The monoisotopic (exact) mass is 743 g/mol. The first-order chi connectivity index (χ1) is 28.3. The Labute approximate surface area is 332 Å². The molecule has 0 aliphatic rings. The van der Waals surface area contributed by atoms with Gasteiger partial charge in [-0.1, -0.05) is 194 Å². The number of furan rings is 1. The fourth-order valence-corrected chi connectivity index (χ4v) is 14.0. The molecule has 1 aromatic heterocycles. The number of anilines is 3. The van der Waals surface area contributed by atoms with E-state index in [4.69, 9.17) is 4.42 Å². The molecular formula is C54H37NOSi. The van der Waals surface area contributed by atoms with Crippen LogP contribution in [0.25, 0.3) is 54.3 Å². The summed E-state index contributed by atoms with van der Waals surface area (Å²) in [6.45, 7) is 0. The minimum absolute atomic E-state index is 0.883. The molecule has 0 saturated carbocycles. The van der Waals surface area contributed by atoms with Crippen molar-refractivity contribution in [1.29, 1.82) is 0 Å². The summed E-state index contributed by atoms with van der Waals surface area (Å²) >= 11 is 0. The van der Waals surface area contributed by atoms with Gasteiger partial charge in [0.15, 0.2) is 8.07 Å². The Kier molecular flexibility index (Phi) is 7.87. The minimum atomic E-state index is -2.74. The van der Waals surface area contributed by atoms with E-state index in [0.29, 0.717) is 0 Å². The van der Waals surface area contributed by atoms with Gasteiger partial charge in [-0.3, -0.25) is 0 Å². The highest BCUT2D eigenvalue weighted by Gasteiger charge is 2.41. The lowest BCUT2D eigenvalue weighted by molar-refractivity contribution is 0.672. The maximum atomic E-state index is 6.78. The fourth-order valence-electron chi connectivity index (χ4n) is 9.27. The van der Waals surface area contributed by atoms with Gasteiger partial charge < -0.3 is 9.32 Å². The van der Waals surface area contributed by atoms with E-state index in [2.05, 4.69) is 229 Å². The van der Waals surface area contributed by atoms with Crippen molar-refractivity contribution >= 4 is 100 Å². The average molecular weight is 744 g/mol. The number of benzene rings is 10. The van der Waals surface area contributed by atoms with Crippen molar-refractivity contribution in [1.82, 2.24) is 0 Å². The van der Waals surface area contributed by atoms with Crippen LogP contribution in [0.4, 0.5) is 17.1 Å². The van der Waals surface area contributed by atoms with Crippen molar-refractivity contribution in [2.75, 3.05) is 4.90 Å². The second kappa shape index (κ2) is 13.5. The molecule has 0 fully saturated rings. The SMILES string of the molecule is c1ccc([Si](c2ccccc2)(c2ccccc2)c2ccc(N(c3cc4ccccc4c4ccccc34)c3cc4ccccc4c4oc5ccccc5c34)cc2)cc1. The number of fused-ring (bicyclic) bond motifs is 8. The molecule has 0 aliphatic heterocycles. The van der Waals surface area contributed by atoms with Crippen LogP contribution in [0.3, 0.4) is 0 Å². The third-order valence-electron chi connectivity index (χ3n) is 11.8. The van der Waals surface area contributed by atoms with Crippen LogP contribution < -0.4 is 25.6 Å². The molecule has 0 spiro atoms. The number of hydrogen-bond donors (Lipinski definition) is 0. The van der Waals surface area contributed by atoms with Gasteiger partial charge in [0.2, 0.25) is 0 Å². The number of hydrogen-bond acceptors (Lipinski definition) is 2. The lowest BCUT2D eigenvalue weighted by atomic mass is 9.97. The first-order valence-electron chi connectivity index (χ1n) is 19.6. The van der Waals surface area contributed by atoms with Crippen LogP contribution in [0.1, 0.15) is 0 Å². The predicted molar refractivity (Wildman–Crippen MR) is 245 cm³/mol. The molecule has 0 saturated heterocycles. The molecule has 0 N–H and O–H groups in total. The molecule has 1 heterocycles. The topological polar surface area (TPSA) is 16.4 Å². The summed E-state index contributed by atoms with van der Waals surface area (Å²) < 4.78 is 6.78. The smallest absolute Gasteiger partial charge is 0.179 e. The third-order valence-corrected chi connectivity index (χ3v) is 16.6. The molecule has 10 aromatic carbocycles. The maximum absolute atomic E-state index is 6.78. The van der Waals surface area contributed by atoms with Crippen molar-refractivity contribution in [3.63, 3.8) is 0 Å². The van der Waals surface area contributed by atoms with Gasteiger partial charge in [0.05, 0.1) is 16.8 Å². The maximum Gasteiger partial charge on any atom is 0.179 e. The quantitative estimate of drug-likeness (QED) is 0.0918. The molecule has 0 unspecified atom stereocenters. The third kappa shape index (κ3) is 5.24. The summed E-state index contributed by atoms with van der Waals surface area (Å²) in [6, 6.07) is 82.2. The van der Waals surface area contributed by atoms with Crippen molar-refractivity contribution in [2.45, 2.75) is 0 Å². The number of para-hydroxylation sites is 1. The van der Waals surface area contributed by atoms with Crippen molar-refractivity contribution in [3.05, 3.63) is 224 Å². The van der Waals surface area contributed by atoms with E-state index in [0.717, 1.165) is 49.8 Å². The highest BCUT2D eigenvalue weighted by atomic mass is 28.3. The molecule has 0 amide bonds. The standard InChI is InChI=1S/C54H37NOSi/c1-4-20-41(21-5-1)57(42-22-6-2-7-23-42,43-24-8-3-9-25-43)44-34-32-40(33-35-44)55(50-36-38-18-10-12-26-45(38)47-28-14-15-29-48(47)50)51-37-39-19-11-13-27-46(39)54-53(51)49-30-16-17-31-52(49)56-54/h1-37H. The van der Waals surface area contributed by atoms with Gasteiger partial charge in [0.25, 0.3) is 0 Å². The van der Waals surface area contributed by atoms with E-state index in [-0.39, 0.29) is 0 Å². The van der Waals surface area contributed by atoms with Crippen LogP contribution in [0.5, 0.6) is 0 Å². The van der Waals surface area contributed by atoms with Crippen LogP contribution in [-0.2, 0) is 0 Å². The molecule has 0 bridgehead atoms. The van der Waals surface area contributed by atoms with Gasteiger partial charge >= 0.3 is 0 Å². The summed E-state index contributed by atoms with van der Waals surface area (Å²) in [7, 11) is -2.74. The Bertz CT molecular complexity index is 3130. The average Bonchev–Trinajstić information content (AvgIpc) is 3.69. The molecule has 3 heteroatoms. The van der Waals surface area contributed by atoms with Gasteiger partial charge in [-0.25, -0.2) is 0 Å². The van der Waals surface area contributed by atoms with E-state index in [1.165, 1.54) is 42.3 Å². The summed E-state index contributed by atoms with van der Waals surface area (Å²) in [4.78, 5) is 2.48. The minimum Gasteiger partial charge on any atom is -0.455 e. The molecule has 11 rings (SSSR count). The van der Waals surface area contributed by atoms with E-state index in [9.17, 15) is 0 Å². The Morgan fingerprint density at radius 2 is 0.772 bits per heavy atom. The first-order valence-corrected chi connectivity index (χ1v) is 21.6. The summed E-state index contributed by atoms with van der Waals surface area (Å²) in [5.74, 6) is 0. The lowest BCUT2D eigenvalue weighted by Crippen LogP contribution is -2.74. The second-order valence-electron chi connectivity index (χ2n) is 14.8. The molecule has 0 atom stereocenters. The molecular weight excluding hydrogens is 707 g/mol. The summed E-state index contributed by atoms with van der Waals surface area (Å²) in [6.07, 6.45) is 0. The largest absolute Gasteiger partial charge is 0.455 e. The molecule has 57 heavy (non-hydrogen) atoms. The highest BCUT2D eigenvalue weighted by Crippen LogP contribution is 2.48. The zero-order chi connectivity index (χ0) is 37.8. The summed E-state index contributed by atoms with van der Waals surface area (Å²) in [5.41, 5.74) is 5.07. The lowest BCUT2D eigenvalue weighted by Gasteiger charge is -2.35. The van der Waals surface area contributed by atoms with Gasteiger partial charge in [-0.15, -0.1) is 0 Å². The Morgan fingerprint density at radius 3 is 1.39 bits per heavy atom. The van der Waals surface area contributed by atoms with Crippen LogP contribution in [0, 0.1) is 0 Å². The van der Waals surface area contributed by atoms with Crippen LogP contribution in [0.2, 0.25) is 0 Å². The molecule has 0 aliphatic carbocycles. The van der Waals surface area contributed by atoms with Crippen molar-refractivity contribution in [2.24, 2.45) is 0 Å². The van der Waals surface area contributed by atoms with Gasteiger partial charge in [-0.05, 0) is 72.6 Å². The number of nitrogens with zero attached hydrogens (tertiary/aromatic N) is 1. The fraction of sp³-hybridized carbons (Fsp3) is 0. The first kappa shape index (κ1) is 33.2. The van der Waals surface area contributed by atoms with Crippen LogP contribution in [0.15, 0.2) is 229 Å². The van der Waals surface area contributed by atoms with Crippen molar-refractivity contribution in [3.8, 4) is 0 Å². The number of rotatable bonds is 7. The molecule has 0 radical (unpaired) electrons. The molecule has 11 aromatic rings. The van der Waals surface area contributed by atoms with Gasteiger partial charge in [-0.2, -0.15) is 0 Å². The van der Waals surface area contributed by atoms with E-state index in [1.807, 2.05) is 0 Å². The molecule has 2 nitrogen and oxygen atoms in total. The molecule has 268 valence electrons. The highest BCUT2D eigenvalue weighted by molar-refractivity contribution is 7.19. The zero-order valence-corrected chi connectivity index (χ0v) is 32.2. The Hall–Kier alpha value is -7.20.